The quantitative estimate of drug-likeness (QED) is 0.766. The van der Waals surface area contributed by atoms with E-state index in [9.17, 15) is 14.4 Å². The molecule has 3 amide bonds. The lowest BCUT2D eigenvalue weighted by Gasteiger charge is -2.21. The number of ether oxygens (including phenoxy) is 1. The van der Waals surface area contributed by atoms with Gasteiger partial charge in [-0.3, -0.25) is 4.79 Å². The van der Waals surface area contributed by atoms with Gasteiger partial charge in [-0.1, -0.05) is 12.8 Å². The second kappa shape index (κ2) is 9.99. The summed E-state index contributed by atoms with van der Waals surface area (Å²) in [5, 5.41) is 2.75. The van der Waals surface area contributed by atoms with Crippen molar-refractivity contribution in [1.82, 2.24) is 15.1 Å². The number of amides is 3. The van der Waals surface area contributed by atoms with Crippen molar-refractivity contribution in [2.24, 2.45) is 0 Å². The maximum absolute atomic E-state index is 12.2. The molecule has 0 radical (unpaired) electrons. The number of urea groups is 1. The highest BCUT2D eigenvalue weighted by Crippen LogP contribution is 2.17. The minimum Gasteiger partial charge on any atom is -0.465 e. The Balaban J connectivity index is 1.77. The molecule has 0 aromatic carbocycles. The summed E-state index contributed by atoms with van der Waals surface area (Å²) < 4.78 is 10.2. The highest BCUT2D eigenvalue weighted by atomic mass is 16.5. The average molecular weight is 379 g/mol. The number of hydrogen-bond acceptors (Lipinski definition) is 5. The first-order valence-corrected chi connectivity index (χ1v) is 9.36. The fourth-order valence-corrected chi connectivity index (χ4v) is 3.13. The summed E-state index contributed by atoms with van der Waals surface area (Å²) in [4.78, 5) is 39.4. The van der Waals surface area contributed by atoms with Crippen LogP contribution in [0, 0.1) is 6.92 Å². The third-order valence-corrected chi connectivity index (χ3v) is 4.69. The van der Waals surface area contributed by atoms with Crippen molar-refractivity contribution in [2.45, 2.75) is 45.6 Å². The molecule has 2 heterocycles. The lowest BCUT2D eigenvalue weighted by atomic mass is 10.2. The van der Waals surface area contributed by atoms with Crippen molar-refractivity contribution in [3.8, 4) is 0 Å². The van der Waals surface area contributed by atoms with Crippen molar-refractivity contribution in [2.75, 3.05) is 33.8 Å². The molecule has 1 saturated heterocycles. The van der Waals surface area contributed by atoms with Crippen LogP contribution in [-0.2, 0) is 16.1 Å². The summed E-state index contributed by atoms with van der Waals surface area (Å²) in [7, 11) is 2.93. The van der Waals surface area contributed by atoms with Gasteiger partial charge in [-0.2, -0.15) is 0 Å². The second-order valence-corrected chi connectivity index (χ2v) is 6.81. The molecule has 0 bridgehead atoms. The monoisotopic (exact) mass is 379 g/mol. The number of nitrogens with zero attached hydrogens (tertiary/aromatic N) is 2. The zero-order valence-corrected chi connectivity index (χ0v) is 16.4. The molecule has 0 unspecified atom stereocenters. The number of nitrogens with one attached hydrogen (secondary N) is 1. The Morgan fingerprint density at radius 3 is 2.52 bits per heavy atom. The SMILES string of the molecule is COC(=O)c1cc(CN(C)C(=O)NCCC(=O)N2CCCCCC2)oc1C. The molecule has 1 fully saturated rings. The molecule has 1 aromatic heterocycles. The highest BCUT2D eigenvalue weighted by Gasteiger charge is 2.19. The van der Waals surface area contributed by atoms with Gasteiger partial charge in [0.05, 0.1) is 13.7 Å². The van der Waals surface area contributed by atoms with Gasteiger partial charge in [-0.25, -0.2) is 9.59 Å². The number of methoxy groups -OCH3 is 1. The number of aryl methyl sites for hydroxylation is 1. The van der Waals surface area contributed by atoms with Gasteiger partial charge in [-0.05, 0) is 25.8 Å². The van der Waals surface area contributed by atoms with E-state index < -0.39 is 5.97 Å². The fraction of sp³-hybridized carbons (Fsp3) is 0.632. The largest absolute Gasteiger partial charge is 0.465 e. The first-order valence-electron chi connectivity index (χ1n) is 9.36. The van der Waals surface area contributed by atoms with Crippen LogP contribution in [0.1, 0.15) is 54.0 Å². The van der Waals surface area contributed by atoms with E-state index in [-0.39, 0.29) is 18.5 Å². The Morgan fingerprint density at radius 1 is 1.22 bits per heavy atom. The minimum absolute atomic E-state index is 0.0873. The van der Waals surface area contributed by atoms with E-state index in [1.165, 1.54) is 24.9 Å². The number of hydrogen-bond donors (Lipinski definition) is 1. The van der Waals surface area contributed by atoms with Crippen LogP contribution in [0.4, 0.5) is 4.79 Å². The number of carbonyl (C=O) groups excluding carboxylic acids is 3. The van der Waals surface area contributed by atoms with Gasteiger partial charge in [0.15, 0.2) is 0 Å². The van der Waals surface area contributed by atoms with Crippen LogP contribution in [0.2, 0.25) is 0 Å². The molecule has 2 rings (SSSR count). The van der Waals surface area contributed by atoms with Gasteiger partial charge in [0.25, 0.3) is 0 Å². The summed E-state index contributed by atoms with van der Waals surface area (Å²) in [6.07, 6.45) is 4.75. The maximum atomic E-state index is 12.2. The predicted octanol–water partition coefficient (Wildman–Crippen LogP) is 2.31. The Bertz CT molecular complexity index is 662. The van der Waals surface area contributed by atoms with E-state index >= 15 is 0 Å². The van der Waals surface area contributed by atoms with Gasteiger partial charge >= 0.3 is 12.0 Å². The summed E-state index contributed by atoms with van der Waals surface area (Å²) in [6, 6.07) is 1.28. The lowest BCUT2D eigenvalue weighted by Crippen LogP contribution is -2.39. The topological polar surface area (TPSA) is 92.1 Å². The molecule has 0 saturated carbocycles. The fourth-order valence-electron chi connectivity index (χ4n) is 3.13. The molecule has 150 valence electrons. The molecule has 1 aromatic rings. The van der Waals surface area contributed by atoms with Gasteiger partial charge in [-0.15, -0.1) is 0 Å². The van der Waals surface area contributed by atoms with E-state index in [0.717, 1.165) is 25.9 Å². The number of rotatable bonds is 6. The Labute approximate surface area is 159 Å². The highest BCUT2D eigenvalue weighted by molar-refractivity contribution is 5.90. The first kappa shape index (κ1) is 20.8. The molecule has 8 nitrogen and oxygen atoms in total. The standard InChI is InChI=1S/C19H29N3O5/c1-14-16(18(24)26-3)12-15(27-14)13-21(2)19(25)20-9-8-17(23)22-10-6-4-5-7-11-22/h12H,4-11,13H2,1-3H3,(H,20,25). The van der Waals surface area contributed by atoms with E-state index in [1.54, 1.807) is 20.0 Å². The van der Waals surface area contributed by atoms with Crippen LogP contribution in [-0.4, -0.2) is 61.5 Å². The molecule has 0 aliphatic carbocycles. The minimum atomic E-state index is -0.471. The molecule has 0 spiro atoms. The lowest BCUT2D eigenvalue weighted by molar-refractivity contribution is -0.131. The number of esters is 1. The van der Waals surface area contributed by atoms with Crippen molar-refractivity contribution in [3.05, 3.63) is 23.2 Å². The van der Waals surface area contributed by atoms with Crippen molar-refractivity contribution >= 4 is 17.9 Å². The molecular formula is C19H29N3O5. The molecule has 1 N–H and O–H groups in total. The normalized spacial score (nSPS) is 14.4. The second-order valence-electron chi connectivity index (χ2n) is 6.81. The van der Waals surface area contributed by atoms with Crippen molar-refractivity contribution in [1.29, 1.82) is 0 Å². The Kier molecular flexibility index (Phi) is 7.69. The zero-order chi connectivity index (χ0) is 19.8. The molecule has 1 aliphatic heterocycles. The van der Waals surface area contributed by atoms with Gasteiger partial charge < -0.3 is 24.3 Å². The number of likely N-dealkylation sites (tertiary alicyclic amines) is 1. The van der Waals surface area contributed by atoms with Crippen LogP contribution >= 0.6 is 0 Å². The van der Waals surface area contributed by atoms with Gasteiger partial charge in [0, 0.05) is 33.1 Å². The van der Waals surface area contributed by atoms with E-state index in [4.69, 9.17) is 4.42 Å². The van der Waals surface area contributed by atoms with Crippen LogP contribution in [0.25, 0.3) is 0 Å². The first-order chi connectivity index (χ1) is 12.9. The third kappa shape index (κ3) is 6.01. The van der Waals surface area contributed by atoms with Crippen LogP contribution in [0.3, 0.4) is 0 Å². The molecule has 8 heteroatoms. The summed E-state index contributed by atoms with van der Waals surface area (Å²) in [5.74, 6) is 0.561. The molecule has 27 heavy (non-hydrogen) atoms. The number of carbonyl (C=O) groups is 3. The predicted molar refractivity (Wildman–Crippen MR) is 99.3 cm³/mol. The molecular weight excluding hydrogens is 350 g/mol. The van der Waals surface area contributed by atoms with Crippen LogP contribution in [0.5, 0.6) is 0 Å². The summed E-state index contributed by atoms with van der Waals surface area (Å²) in [5.41, 5.74) is 0.351. The summed E-state index contributed by atoms with van der Waals surface area (Å²) >= 11 is 0. The molecule has 0 atom stereocenters. The smallest absolute Gasteiger partial charge is 0.341 e. The van der Waals surface area contributed by atoms with Gasteiger partial charge in [0.2, 0.25) is 5.91 Å². The van der Waals surface area contributed by atoms with Crippen LogP contribution < -0.4 is 5.32 Å². The third-order valence-electron chi connectivity index (χ3n) is 4.69. The summed E-state index contributed by atoms with van der Waals surface area (Å²) in [6.45, 7) is 3.80. The van der Waals surface area contributed by atoms with Crippen LogP contribution in [0.15, 0.2) is 10.5 Å². The van der Waals surface area contributed by atoms with E-state index in [0.29, 0.717) is 30.0 Å². The van der Waals surface area contributed by atoms with Crippen molar-refractivity contribution in [3.63, 3.8) is 0 Å². The van der Waals surface area contributed by atoms with E-state index in [2.05, 4.69) is 10.1 Å². The Hall–Kier alpha value is -2.51. The maximum Gasteiger partial charge on any atom is 0.341 e. The van der Waals surface area contributed by atoms with Gasteiger partial charge in [0.1, 0.15) is 17.1 Å². The number of furan rings is 1. The van der Waals surface area contributed by atoms with E-state index in [1.807, 2.05) is 4.90 Å². The van der Waals surface area contributed by atoms with Crippen molar-refractivity contribution < 1.29 is 23.5 Å². The zero-order valence-electron chi connectivity index (χ0n) is 16.4. The Morgan fingerprint density at radius 2 is 1.89 bits per heavy atom. The molecule has 1 aliphatic rings. The average Bonchev–Trinajstić information content (AvgIpc) is 2.86.